The van der Waals surface area contributed by atoms with Crippen LogP contribution < -0.4 is 19.5 Å². The molecule has 0 heterocycles. The second kappa shape index (κ2) is 9.97. The van der Waals surface area contributed by atoms with Crippen LogP contribution in [0.2, 0.25) is 0 Å². The lowest BCUT2D eigenvalue weighted by Gasteiger charge is -2.12. The van der Waals surface area contributed by atoms with Crippen molar-refractivity contribution in [2.24, 2.45) is 0 Å². The molecule has 0 aliphatic rings. The smallest absolute Gasteiger partial charge is 0.387 e. The van der Waals surface area contributed by atoms with E-state index in [1.165, 1.54) is 25.3 Å². The van der Waals surface area contributed by atoms with Gasteiger partial charge in [-0.25, -0.2) is 0 Å². The molecule has 0 aliphatic heterocycles. The number of alkyl halides is 2. The Hall–Kier alpha value is -3.34. The predicted molar refractivity (Wildman–Crippen MR) is 94.4 cm³/mol. The average Bonchev–Trinajstić information content (AvgIpc) is 2.65. The van der Waals surface area contributed by atoms with E-state index in [-0.39, 0.29) is 17.1 Å². The van der Waals surface area contributed by atoms with Gasteiger partial charge in [-0.1, -0.05) is 6.07 Å². The number of nitrogens with one attached hydrogen (secondary N) is 1. The van der Waals surface area contributed by atoms with Crippen LogP contribution in [0.15, 0.2) is 42.5 Å². The maximum atomic E-state index is 12.5. The standard InChI is InChI=1S/C19H18F2N2O4/c1-25-16-8-7-13(11-17(16)27-19(20)21)18(24)23-14-5-4-6-15(12-14)26-10-3-2-9-22/h4-8,11-12,19H,2-3,10H2,1H3,(H,23,24). The molecule has 8 heteroatoms. The summed E-state index contributed by atoms with van der Waals surface area (Å²) in [7, 11) is 1.32. The summed E-state index contributed by atoms with van der Waals surface area (Å²) in [4.78, 5) is 12.4. The summed E-state index contributed by atoms with van der Waals surface area (Å²) in [6.07, 6.45) is 1.00. The largest absolute Gasteiger partial charge is 0.493 e. The SMILES string of the molecule is COc1ccc(C(=O)Nc2cccc(OCCCC#N)c2)cc1OC(F)F. The minimum atomic E-state index is -3.04. The van der Waals surface area contributed by atoms with Crippen molar-refractivity contribution in [1.82, 2.24) is 0 Å². The lowest BCUT2D eigenvalue weighted by atomic mass is 10.2. The second-order valence-electron chi connectivity index (χ2n) is 5.34. The molecule has 2 rings (SSSR count). The maximum Gasteiger partial charge on any atom is 0.387 e. The number of hydrogen-bond acceptors (Lipinski definition) is 5. The van der Waals surface area contributed by atoms with Crippen molar-refractivity contribution in [3.63, 3.8) is 0 Å². The first-order chi connectivity index (χ1) is 13.0. The summed E-state index contributed by atoms with van der Waals surface area (Å²) in [6.45, 7) is -2.65. The van der Waals surface area contributed by atoms with Gasteiger partial charge in [-0.2, -0.15) is 14.0 Å². The van der Waals surface area contributed by atoms with Crippen molar-refractivity contribution in [3.8, 4) is 23.3 Å². The Kier molecular flexibility index (Phi) is 7.37. The zero-order valence-electron chi connectivity index (χ0n) is 14.6. The number of methoxy groups -OCH3 is 1. The number of carbonyl (C=O) groups excluding carboxylic acids is 1. The molecule has 1 N–H and O–H groups in total. The third-order valence-electron chi connectivity index (χ3n) is 3.44. The van der Waals surface area contributed by atoms with Gasteiger partial charge in [0.15, 0.2) is 11.5 Å². The van der Waals surface area contributed by atoms with Gasteiger partial charge in [-0.05, 0) is 36.8 Å². The zero-order chi connectivity index (χ0) is 19.6. The molecule has 0 saturated carbocycles. The Balaban J connectivity index is 2.07. The first-order valence-electron chi connectivity index (χ1n) is 8.07. The first-order valence-corrected chi connectivity index (χ1v) is 8.07. The minimum Gasteiger partial charge on any atom is -0.493 e. The Morgan fingerprint density at radius 2 is 2.04 bits per heavy atom. The molecule has 0 atom stereocenters. The third kappa shape index (κ3) is 6.15. The van der Waals surface area contributed by atoms with Crippen LogP contribution in [0.25, 0.3) is 0 Å². The molecule has 27 heavy (non-hydrogen) atoms. The number of amides is 1. The van der Waals surface area contributed by atoms with Crippen molar-refractivity contribution >= 4 is 11.6 Å². The zero-order valence-corrected chi connectivity index (χ0v) is 14.6. The molecule has 0 unspecified atom stereocenters. The third-order valence-corrected chi connectivity index (χ3v) is 3.44. The lowest BCUT2D eigenvalue weighted by Crippen LogP contribution is -2.13. The van der Waals surface area contributed by atoms with Crippen molar-refractivity contribution in [1.29, 1.82) is 5.26 Å². The Morgan fingerprint density at radius 1 is 1.22 bits per heavy atom. The maximum absolute atomic E-state index is 12.5. The highest BCUT2D eigenvalue weighted by Gasteiger charge is 2.15. The van der Waals surface area contributed by atoms with Crippen molar-refractivity contribution in [2.45, 2.75) is 19.5 Å². The fraction of sp³-hybridized carbons (Fsp3) is 0.263. The number of carbonyl (C=O) groups is 1. The molecular weight excluding hydrogens is 358 g/mol. The monoisotopic (exact) mass is 376 g/mol. The van der Waals surface area contributed by atoms with E-state index in [1.807, 2.05) is 6.07 Å². The number of benzene rings is 2. The van der Waals surface area contributed by atoms with Crippen molar-refractivity contribution in [2.75, 3.05) is 19.0 Å². The number of hydrogen-bond donors (Lipinski definition) is 1. The van der Waals surface area contributed by atoms with Crippen molar-refractivity contribution < 1.29 is 27.8 Å². The van der Waals surface area contributed by atoms with E-state index in [9.17, 15) is 13.6 Å². The Bertz CT molecular complexity index is 822. The van der Waals surface area contributed by atoms with Gasteiger partial charge in [0.05, 0.1) is 19.8 Å². The van der Waals surface area contributed by atoms with E-state index >= 15 is 0 Å². The molecule has 1 amide bonds. The minimum absolute atomic E-state index is 0.0969. The molecule has 0 aliphatic carbocycles. The number of rotatable bonds is 9. The molecule has 6 nitrogen and oxygen atoms in total. The number of ether oxygens (including phenoxy) is 3. The average molecular weight is 376 g/mol. The van der Waals surface area contributed by atoms with Gasteiger partial charge in [0.2, 0.25) is 0 Å². The van der Waals surface area contributed by atoms with Crippen LogP contribution in [0, 0.1) is 11.3 Å². The highest BCUT2D eigenvalue weighted by molar-refractivity contribution is 6.04. The van der Waals surface area contributed by atoms with Crippen molar-refractivity contribution in [3.05, 3.63) is 48.0 Å². The molecule has 0 spiro atoms. The summed E-state index contributed by atoms with van der Waals surface area (Å²) in [6, 6.07) is 12.8. The Morgan fingerprint density at radius 3 is 2.74 bits per heavy atom. The normalized spacial score (nSPS) is 10.2. The van der Waals surface area contributed by atoms with Crippen LogP contribution in [0.3, 0.4) is 0 Å². The van der Waals surface area contributed by atoms with E-state index in [1.54, 1.807) is 24.3 Å². The van der Waals surface area contributed by atoms with Gasteiger partial charge in [0.25, 0.3) is 5.91 Å². The quantitative estimate of drug-likeness (QED) is 0.663. The van der Waals surface area contributed by atoms with E-state index in [0.29, 0.717) is 30.9 Å². The molecule has 0 aromatic heterocycles. The van der Waals surface area contributed by atoms with Gasteiger partial charge in [0.1, 0.15) is 5.75 Å². The van der Waals surface area contributed by atoms with E-state index in [2.05, 4.69) is 10.1 Å². The molecule has 2 aromatic rings. The van der Waals surface area contributed by atoms with Gasteiger partial charge < -0.3 is 19.5 Å². The van der Waals surface area contributed by atoms with E-state index < -0.39 is 12.5 Å². The van der Waals surface area contributed by atoms with Gasteiger partial charge in [-0.3, -0.25) is 4.79 Å². The van der Waals surface area contributed by atoms with Gasteiger partial charge in [-0.15, -0.1) is 0 Å². The van der Waals surface area contributed by atoms with Gasteiger partial charge in [0, 0.05) is 23.7 Å². The first kappa shape index (κ1) is 20.0. The molecule has 0 fully saturated rings. The fourth-order valence-corrected chi connectivity index (χ4v) is 2.21. The number of nitrogens with zero attached hydrogens (tertiary/aromatic N) is 1. The topological polar surface area (TPSA) is 80.6 Å². The fourth-order valence-electron chi connectivity index (χ4n) is 2.21. The molecule has 142 valence electrons. The summed E-state index contributed by atoms with van der Waals surface area (Å²) >= 11 is 0. The summed E-state index contributed by atoms with van der Waals surface area (Å²) in [5.74, 6) is -0.0880. The van der Waals surface area contributed by atoms with Crippen LogP contribution in [0.5, 0.6) is 17.2 Å². The molecular formula is C19H18F2N2O4. The molecule has 0 saturated heterocycles. The van der Waals surface area contributed by atoms with Gasteiger partial charge >= 0.3 is 6.61 Å². The van der Waals surface area contributed by atoms with E-state index in [0.717, 1.165) is 0 Å². The summed E-state index contributed by atoms with van der Waals surface area (Å²) in [5.41, 5.74) is 0.608. The number of halogens is 2. The summed E-state index contributed by atoms with van der Waals surface area (Å²) < 4.78 is 39.8. The van der Waals surface area contributed by atoms with Crippen LogP contribution >= 0.6 is 0 Å². The lowest BCUT2D eigenvalue weighted by molar-refractivity contribution is -0.0512. The van der Waals surface area contributed by atoms with Crippen LogP contribution in [-0.2, 0) is 0 Å². The highest BCUT2D eigenvalue weighted by Crippen LogP contribution is 2.30. The number of unbranched alkanes of at least 4 members (excludes halogenated alkanes) is 1. The predicted octanol–water partition coefficient (Wildman–Crippen LogP) is 4.23. The molecule has 0 bridgehead atoms. The Labute approximate surface area is 155 Å². The van der Waals surface area contributed by atoms with Crippen LogP contribution in [-0.4, -0.2) is 26.2 Å². The number of anilines is 1. The summed E-state index contributed by atoms with van der Waals surface area (Å²) in [5, 5.41) is 11.2. The van der Waals surface area contributed by atoms with Crippen LogP contribution in [0.1, 0.15) is 23.2 Å². The molecule has 2 aromatic carbocycles. The number of nitriles is 1. The molecule has 0 radical (unpaired) electrons. The highest BCUT2D eigenvalue weighted by atomic mass is 19.3. The van der Waals surface area contributed by atoms with Crippen LogP contribution in [0.4, 0.5) is 14.5 Å². The second-order valence-corrected chi connectivity index (χ2v) is 5.34. The van der Waals surface area contributed by atoms with E-state index in [4.69, 9.17) is 14.7 Å².